The summed E-state index contributed by atoms with van der Waals surface area (Å²) in [5.41, 5.74) is 15.7. The van der Waals surface area contributed by atoms with Crippen LogP contribution >= 0.6 is 15.6 Å². The average Bonchev–Trinajstić information content (AvgIpc) is 0.770. The molecule has 0 saturated carbocycles. The minimum atomic E-state index is -5.91. The lowest BCUT2D eigenvalue weighted by atomic mass is 9.94. The summed E-state index contributed by atoms with van der Waals surface area (Å²) in [6.45, 7) is 14.3. The highest BCUT2D eigenvalue weighted by Gasteiger charge is 2.55. The van der Waals surface area contributed by atoms with E-state index in [-0.39, 0.29) is 13.0 Å². The van der Waals surface area contributed by atoms with Gasteiger partial charge in [0.05, 0.1) is 19.8 Å². The summed E-state index contributed by atoms with van der Waals surface area (Å²) in [5.74, 6) is -8.87. The molecule has 18 atom stereocenters. The van der Waals surface area contributed by atoms with Crippen molar-refractivity contribution in [2.45, 2.75) is 244 Å². The molecule has 0 spiro atoms. The van der Waals surface area contributed by atoms with Crippen LogP contribution in [0.1, 0.15) is 147 Å². The lowest BCUT2D eigenvalue weighted by Gasteiger charge is -2.49. The molecule has 2 rings (SSSR count). The minimum Gasteiger partial charge on any atom is -0.480 e. The number of aliphatic hydroxyl groups excluding tert-OH is 4. The fraction of sp³-hybridized carbons (Fsp3) is 0.712. The molecule has 0 aromatic rings. The van der Waals surface area contributed by atoms with Crippen LogP contribution in [0.15, 0.2) is 46.6 Å². The van der Waals surface area contributed by atoms with Crippen LogP contribution in [0.3, 0.4) is 0 Å². The van der Waals surface area contributed by atoms with E-state index in [0.717, 1.165) is 59.0 Å². The van der Waals surface area contributed by atoms with Gasteiger partial charge in [-0.25, -0.2) is 9.13 Å². The summed E-state index contributed by atoms with van der Waals surface area (Å²) < 4.78 is 65.7. The van der Waals surface area contributed by atoms with Gasteiger partial charge in [0.25, 0.3) is 0 Å². The zero-order valence-electron chi connectivity index (χ0n) is 55.7. The zero-order chi connectivity index (χ0) is 72.1. The molecule has 95 heavy (non-hydrogen) atoms. The molecular weight excluding hydrogens is 1300 g/mol. The second kappa shape index (κ2) is 42.0. The van der Waals surface area contributed by atoms with Gasteiger partial charge in [0.2, 0.25) is 47.3 Å². The third-order valence-electron chi connectivity index (χ3n) is 14.9. The lowest BCUT2D eigenvalue weighted by molar-refractivity contribution is -0.331. The van der Waals surface area contributed by atoms with Crippen LogP contribution in [0.5, 0.6) is 0 Å². The lowest BCUT2D eigenvalue weighted by Crippen LogP contribution is -2.70. The van der Waals surface area contributed by atoms with Gasteiger partial charge in [-0.2, -0.15) is 4.31 Å². The van der Waals surface area contributed by atoms with Gasteiger partial charge < -0.3 is 103 Å². The number of primary amides is 1. The van der Waals surface area contributed by atoms with Crippen molar-refractivity contribution in [2.24, 2.45) is 11.5 Å². The van der Waals surface area contributed by atoms with E-state index in [1.807, 2.05) is 6.92 Å². The van der Waals surface area contributed by atoms with Crippen molar-refractivity contribution in [2.75, 3.05) is 26.4 Å². The largest absolute Gasteiger partial charge is 0.483 e. The van der Waals surface area contributed by atoms with Crippen LogP contribution in [0, 0.1) is 0 Å². The number of hydrogen-bond donors (Lipinski definition) is 16. The normalized spacial score (nSPS) is 24.9. The fourth-order valence-corrected chi connectivity index (χ4v) is 11.6. The van der Waals surface area contributed by atoms with Crippen LogP contribution in [0.2, 0.25) is 0 Å². The van der Waals surface area contributed by atoms with E-state index in [1.165, 1.54) is 36.6 Å². The van der Waals surface area contributed by atoms with Crippen molar-refractivity contribution >= 4 is 68.9 Å². The van der Waals surface area contributed by atoms with E-state index in [4.69, 9.17) is 44.6 Å². The number of aliphatic carboxylic acids is 1. The summed E-state index contributed by atoms with van der Waals surface area (Å²) in [6.07, 6.45) is -4.62. The van der Waals surface area contributed by atoms with Crippen LogP contribution < -0.4 is 48.7 Å². The molecule has 2 aliphatic rings. The molecule has 2 heterocycles. The molecule has 36 heteroatoms. The number of amides is 8. The third kappa shape index (κ3) is 31.4. The first-order valence-electron chi connectivity index (χ1n) is 31.1. The monoisotopic (exact) mass is 1400 g/mol. The molecule has 2 saturated heterocycles. The molecule has 2 aliphatic heterocycles. The number of carbonyl (C=O) groups is 9. The van der Waals surface area contributed by atoms with Crippen molar-refractivity contribution in [3.63, 3.8) is 0 Å². The van der Waals surface area contributed by atoms with Gasteiger partial charge in [0, 0.05) is 20.3 Å². The fourth-order valence-electron chi connectivity index (χ4n) is 9.52. The van der Waals surface area contributed by atoms with E-state index >= 15 is 0 Å². The number of hydrogen-bond acceptors (Lipinski definition) is 23. The molecule has 8 amide bonds. The number of rotatable bonds is 42. The number of phosphoric acid groups is 2. The Labute approximate surface area is 553 Å². The molecule has 0 radical (unpaired) electrons. The van der Waals surface area contributed by atoms with Gasteiger partial charge >= 0.3 is 21.6 Å². The maximum absolute atomic E-state index is 14.0. The molecule has 18 N–H and O–H groups in total. The van der Waals surface area contributed by atoms with Crippen molar-refractivity contribution in [3.8, 4) is 0 Å². The zero-order valence-corrected chi connectivity index (χ0v) is 57.5. The maximum atomic E-state index is 14.0. The Hall–Kier alpha value is -5.91. The average molecular weight is 1400 g/mol. The number of phosphoric ester groups is 2. The maximum Gasteiger partial charge on any atom is 0.483 e. The molecule has 0 aromatic carbocycles. The van der Waals surface area contributed by atoms with Crippen molar-refractivity contribution in [1.29, 1.82) is 0 Å². The summed E-state index contributed by atoms with van der Waals surface area (Å²) in [6, 6.07) is -10.6. The van der Waals surface area contributed by atoms with Gasteiger partial charge in [0.15, 0.2) is 12.6 Å². The molecule has 6 unspecified atom stereocenters. The van der Waals surface area contributed by atoms with E-state index < -0.39 is 199 Å². The first-order valence-corrected chi connectivity index (χ1v) is 34.1. The van der Waals surface area contributed by atoms with E-state index in [1.54, 1.807) is 6.92 Å². The van der Waals surface area contributed by atoms with Crippen molar-refractivity contribution < 1.29 is 120 Å². The predicted octanol–water partition coefficient (Wildman–Crippen LogP) is -0.330. The predicted molar refractivity (Wildman–Crippen MR) is 340 cm³/mol. The summed E-state index contributed by atoms with van der Waals surface area (Å²) in [7, 11) is -11.4. The highest BCUT2D eigenvalue weighted by molar-refractivity contribution is 7.61. The highest BCUT2D eigenvalue weighted by atomic mass is 31.3. The Morgan fingerprint density at radius 2 is 1.09 bits per heavy atom. The Kier molecular flexibility index (Phi) is 37.7. The van der Waals surface area contributed by atoms with Gasteiger partial charge in [0.1, 0.15) is 85.0 Å². The van der Waals surface area contributed by atoms with Gasteiger partial charge in [-0.3, -0.25) is 52.2 Å². The van der Waals surface area contributed by atoms with Crippen LogP contribution in [0.25, 0.3) is 0 Å². The number of allylic oxidation sites excluding steroid dienone is 7. The molecule has 0 bridgehead atoms. The van der Waals surface area contributed by atoms with E-state index in [0.29, 0.717) is 25.7 Å². The number of ether oxygens (including phenoxy) is 4. The molecule has 34 nitrogen and oxygen atoms in total. The van der Waals surface area contributed by atoms with Gasteiger partial charge in [-0.05, 0) is 133 Å². The topological polar surface area (TPSA) is 530 Å². The van der Waals surface area contributed by atoms with Crippen LogP contribution in [0.4, 0.5) is 0 Å². The number of carboxylic acid groups (broad SMARTS) is 1. The first-order chi connectivity index (χ1) is 44.3. The smallest absolute Gasteiger partial charge is 0.480 e. The second-order valence-electron chi connectivity index (χ2n) is 23.6. The SMILES string of the molecule is CC(=O)NC1C(O)[C@H](O)[C@H](CO)O[C@H]1O[C@@H]1C(CO)O[C@H](OP(=O)(O)OP(=O)(O)OC/C=C(/C)CC/C=C(/C)CC/C=C(\C)CCC=C(C)C)C(NC(C)=O)[C@H]1O[C@H](C)C(=O)N[C@@H](C)C(=O)N[C@H](CCC(=O)N[C@@H](CCCCN)C(=O)N[C@H](C)C(=O)N[C@H](C)C(=O)O)C(N)=O. The first kappa shape index (κ1) is 85.2. The van der Waals surface area contributed by atoms with Gasteiger partial charge in [-0.1, -0.05) is 46.6 Å². The van der Waals surface area contributed by atoms with Crippen molar-refractivity contribution in [1.82, 2.24) is 37.2 Å². The Balaban J connectivity index is 2.41. The standard InChI is InChI=1S/C59H101N9O25P2/c1-31(2)17-14-18-32(3)19-15-20-33(4)21-16-22-34(5)26-28-87-94(83,84)93-95(85,86)92-59-47(66-40(11)72)51(50(44(30-70)90-59)91-58-46(65-39(10)71)49(75)48(74)43(29-69)89-58)88-38(9)55(79)62-36(7)54(78)68-41(52(61)76)24-25-45(73)67-42(23-12-13-27-60)56(80)63-35(6)53(77)64-37(8)57(81)82/h17,19,21,26,35-38,41-44,46-51,58-59,69-70,74-75H,12-16,18,20,22-25,27-30,60H2,1-11H3,(H2,61,76)(H,62,79)(H,63,80)(H,64,77)(H,65,71)(H,66,72)(H,67,73)(H,68,78)(H,81,82)(H,83,84)(H,85,86)/b32-19+,33-21-,34-26-/t35-,36+,37-,38-,41-,42+,43+,44?,46?,47?,48-,49?,50-,51-,58+,59-/m1/s1. The van der Waals surface area contributed by atoms with Gasteiger partial charge in [-0.15, -0.1) is 0 Å². The summed E-state index contributed by atoms with van der Waals surface area (Å²) in [5, 5.41) is 68.3. The Morgan fingerprint density at radius 3 is 1.62 bits per heavy atom. The molecule has 2 fully saturated rings. The van der Waals surface area contributed by atoms with Crippen LogP contribution in [-0.4, -0.2) is 213 Å². The Bertz CT molecular complexity index is 2810. The second-order valence-corrected chi connectivity index (χ2v) is 26.6. The molecule has 542 valence electrons. The summed E-state index contributed by atoms with van der Waals surface area (Å²) in [4.78, 5) is 138. The number of unbranched alkanes of at least 4 members (excludes halogenated alkanes) is 1. The van der Waals surface area contributed by atoms with E-state index in [2.05, 4.69) is 80.5 Å². The molecule has 0 aliphatic carbocycles. The highest BCUT2D eigenvalue weighted by Crippen LogP contribution is 2.61. The molecule has 0 aromatic heterocycles. The summed E-state index contributed by atoms with van der Waals surface area (Å²) >= 11 is 0. The Morgan fingerprint density at radius 1 is 0.579 bits per heavy atom. The number of nitrogens with one attached hydrogen (secondary N) is 7. The minimum absolute atomic E-state index is 0.0450. The third-order valence-corrected chi connectivity index (χ3v) is 17.5. The molecular formula is C59H101N9O25P2. The van der Waals surface area contributed by atoms with Crippen molar-refractivity contribution in [3.05, 3.63) is 46.6 Å². The van der Waals surface area contributed by atoms with Crippen LogP contribution in [-0.2, 0) is 84.6 Å². The van der Waals surface area contributed by atoms with E-state index in [9.17, 15) is 82.5 Å². The quantitative estimate of drug-likeness (QED) is 0.0211. The number of nitrogens with two attached hydrogens (primary N) is 2. The number of carbonyl (C=O) groups excluding carboxylic acids is 8. The number of carboxylic acids is 1. The number of aliphatic hydroxyl groups is 4.